The number of hydrogen-bond acceptors (Lipinski definition) is 5. The molecule has 0 bridgehead atoms. The normalized spacial score (nSPS) is 11.6. The Hall–Kier alpha value is -1.36. The topological polar surface area (TPSA) is 73.1 Å². The second-order valence-corrected chi connectivity index (χ2v) is 4.79. The summed E-state index contributed by atoms with van der Waals surface area (Å²) < 4.78 is 5.17. The molecular formula is C12H22N4O. The van der Waals surface area contributed by atoms with Crippen molar-refractivity contribution in [1.82, 2.24) is 9.97 Å². The Morgan fingerprint density at radius 2 is 2.00 bits per heavy atom. The summed E-state index contributed by atoms with van der Waals surface area (Å²) in [6.45, 7) is 8.63. The van der Waals surface area contributed by atoms with Crippen LogP contribution < -0.4 is 11.1 Å². The van der Waals surface area contributed by atoms with Crippen LogP contribution in [0.2, 0.25) is 0 Å². The largest absolute Gasteiger partial charge is 0.383 e. The highest BCUT2D eigenvalue weighted by Crippen LogP contribution is 2.21. The van der Waals surface area contributed by atoms with Gasteiger partial charge in [-0.05, 0) is 20.8 Å². The van der Waals surface area contributed by atoms with Crippen molar-refractivity contribution >= 4 is 11.6 Å². The zero-order valence-electron chi connectivity index (χ0n) is 11.3. The number of ether oxygens (including phenoxy) is 1. The van der Waals surface area contributed by atoms with E-state index < -0.39 is 0 Å². The van der Waals surface area contributed by atoms with Gasteiger partial charge in [0.1, 0.15) is 17.5 Å². The van der Waals surface area contributed by atoms with E-state index in [1.165, 1.54) is 0 Å². The second-order valence-electron chi connectivity index (χ2n) is 4.79. The molecule has 0 aliphatic rings. The summed E-state index contributed by atoms with van der Waals surface area (Å²) in [5, 5.41) is 3.35. The molecule has 0 aromatic carbocycles. The zero-order valence-corrected chi connectivity index (χ0v) is 11.3. The van der Waals surface area contributed by atoms with Gasteiger partial charge in [0.2, 0.25) is 0 Å². The Labute approximate surface area is 103 Å². The van der Waals surface area contributed by atoms with Crippen LogP contribution in [0, 0.1) is 6.92 Å². The van der Waals surface area contributed by atoms with Crippen molar-refractivity contribution in [3.63, 3.8) is 0 Å². The van der Waals surface area contributed by atoms with E-state index in [4.69, 9.17) is 10.5 Å². The van der Waals surface area contributed by atoms with Gasteiger partial charge in [-0.3, -0.25) is 0 Å². The predicted molar refractivity (Wildman–Crippen MR) is 70.1 cm³/mol. The maximum Gasteiger partial charge on any atom is 0.135 e. The minimum Gasteiger partial charge on any atom is -0.383 e. The molecule has 1 aromatic heterocycles. The van der Waals surface area contributed by atoms with Gasteiger partial charge in [0.25, 0.3) is 0 Å². The summed E-state index contributed by atoms with van der Waals surface area (Å²) in [6, 6.07) is 0. The van der Waals surface area contributed by atoms with Crippen LogP contribution >= 0.6 is 0 Å². The van der Waals surface area contributed by atoms with Crippen molar-refractivity contribution in [2.45, 2.75) is 39.7 Å². The lowest BCUT2D eigenvalue weighted by atomic mass is 10.1. The lowest BCUT2D eigenvalue weighted by Gasteiger charge is -2.27. The molecule has 0 saturated carbocycles. The summed E-state index contributed by atoms with van der Waals surface area (Å²) >= 11 is 0. The fraction of sp³-hybridized carbons (Fsp3) is 0.667. The lowest BCUT2D eigenvalue weighted by molar-refractivity contribution is 0.158. The first-order valence-corrected chi connectivity index (χ1v) is 5.79. The van der Waals surface area contributed by atoms with E-state index in [1.807, 2.05) is 13.8 Å². The predicted octanol–water partition coefficient (Wildman–Crippen LogP) is 1.77. The lowest BCUT2D eigenvalue weighted by Crippen LogP contribution is -2.36. The molecule has 0 atom stereocenters. The van der Waals surface area contributed by atoms with E-state index >= 15 is 0 Å². The molecule has 0 radical (unpaired) electrons. The Morgan fingerprint density at radius 1 is 1.35 bits per heavy atom. The number of nitrogens with one attached hydrogen (secondary N) is 1. The number of nitrogen functional groups attached to an aromatic ring is 1. The maximum atomic E-state index is 5.87. The average molecular weight is 238 g/mol. The van der Waals surface area contributed by atoms with E-state index in [2.05, 4.69) is 29.1 Å². The van der Waals surface area contributed by atoms with Crippen LogP contribution in [0.5, 0.6) is 0 Å². The minimum absolute atomic E-state index is 0.189. The number of methoxy groups -OCH3 is 1. The third-order valence-corrected chi connectivity index (χ3v) is 2.51. The molecule has 5 heteroatoms. The summed E-state index contributed by atoms with van der Waals surface area (Å²) in [5.41, 5.74) is 6.56. The maximum absolute atomic E-state index is 5.87. The molecule has 0 saturated heterocycles. The van der Waals surface area contributed by atoms with Crippen molar-refractivity contribution in [3.05, 3.63) is 11.4 Å². The molecule has 0 aliphatic carbocycles. The Kier molecular flexibility index (Phi) is 4.28. The summed E-state index contributed by atoms with van der Waals surface area (Å²) in [7, 11) is 1.68. The molecule has 0 amide bonds. The fourth-order valence-electron chi connectivity index (χ4n) is 1.58. The summed E-state index contributed by atoms with van der Waals surface area (Å²) in [5.74, 6) is 2.08. The smallest absolute Gasteiger partial charge is 0.135 e. The molecule has 17 heavy (non-hydrogen) atoms. The zero-order chi connectivity index (χ0) is 13.1. The van der Waals surface area contributed by atoms with Crippen LogP contribution in [-0.2, 0) is 11.2 Å². The summed E-state index contributed by atoms with van der Waals surface area (Å²) in [4.78, 5) is 8.68. The van der Waals surface area contributed by atoms with Gasteiger partial charge in [0.15, 0.2) is 0 Å². The van der Waals surface area contributed by atoms with E-state index in [0.29, 0.717) is 12.4 Å². The fourth-order valence-corrected chi connectivity index (χ4v) is 1.58. The first-order valence-electron chi connectivity index (χ1n) is 5.79. The number of aryl methyl sites for hydroxylation is 1. The molecule has 0 spiro atoms. The van der Waals surface area contributed by atoms with Crippen LogP contribution in [0.4, 0.5) is 11.6 Å². The van der Waals surface area contributed by atoms with Crippen molar-refractivity contribution in [1.29, 1.82) is 0 Å². The van der Waals surface area contributed by atoms with E-state index in [-0.39, 0.29) is 5.54 Å². The van der Waals surface area contributed by atoms with Gasteiger partial charge in [0, 0.05) is 19.1 Å². The molecule has 0 unspecified atom stereocenters. The third-order valence-electron chi connectivity index (χ3n) is 2.51. The number of anilines is 2. The average Bonchev–Trinajstić information content (AvgIpc) is 2.23. The standard InChI is InChI=1S/C12H22N4O/c1-6-9-14-10(13)8(2)11(15-9)16-12(3,4)7-17-5/h6-7H2,1-5H3,(H3,13,14,15,16). The van der Waals surface area contributed by atoms with E-state index in [9.17, 15) is 0 Å². The van der Waals surface area contributed by atoms with Crippen molar-refractivity contribution in [2.75, 3.05) is 24.8 Å². The molecule has 1 rings (SSSR count). The van der Waals surface area contributed by atoms with Gasteiger partial charge in [-0.2, -0.15) is 0 Å². The van der Waals surface area contributed by atoms with Crippen LogP contribution in [0.1, 0.15) is 32.2 Å². The highest BCUT2D eigenvalue weighted by molar-refractivity contribution is 5.55. The van der Waals surface area contributed by atoms with Gasteiger partial charge >= 0.3 is 0 Å². The number of aromatic nitrogens is 2. The van der Waals surface area contributed by atoms with Crippen molar-refractivity contribution in [3.8, 4) is 0 Å². The molecular weight excluding hydrogens is 216 g/mol. The highest BCUT2D eigenvalue weighted by Gasteiger charge is 2.20. The van der Waals surface area contributed by atoms with Crippen molar-refractivity contribution < 1.29 is 4.74 Å². The second kappa shape index (κ2) is 5.31. The molecule has 0 aliphatic heterocycles. The Bertz CT molecular complexity index is 390. The number of hydrogen-bond donors (Lipinski definition) is 2. The number of rotatable bonds is 5. The Morgan fingerprint density at radius 3 is 2.53 bits per heavy atom. The Balaban J connectivity index is 3.01. The van der Waals surface area contributed by atoms with E-state index in [0.717, 1.165) is 23.6 Å². The van der Waals surface area contributed by atoms with E-state index in [1.54, 1.807) is 7.11 Å². The molecule has 3 N–H and O–H groups in total. The minimum atomic E-state index is -0.189. The highest BCUT2D eigenvalue weighted by atomic mass is 16.5. The molecule has 1 aromatic rings. The summed E-state index contributed by atoms with van der Waals surface area (Å²) in [6.07, 6.45) is 0.768. The van der Waals surface area contributed by atoms with Crippen LogP contribution in [0.3, 0.4) is 0 Å². The molecule has 1 heterocycles. The van der Waals surface area contributed by atoms with Gasteiger partial charge in [-0.25, -0.2) is 9.97 Å². The number of nitrogens with zero attached hydrogens (tertiary/aromatic N) is 2. The van der Waals surface area contributed by atoms with Gasteiger partial charge in [0.05, 0.1) is 12.1 Å². The monoisotopic (exact) mass is 238 g/mol. The first kappa shape index (κ1) is 13.7. The quantitative estimate of drug-likeness (QED) is 0.817. The third kappa shape index (κ3) is 3.56. The van der Waals surface area contributed by atoms with Gasteiger partial charge in [-0.15, -0.1) is 0 Å². The van der Waals surface area contributed by atoms with Gasteiger partial charge in [-0.1, -0.05) is 6.92 Å². The van der Waals surface area contributed by atoms with Crippen LogP contribution in [0.25, 0.3) is 0 Å². The molecule has 96 valence electrons. The SMILES string of the molecule is CCc1nc(N)c(C)c(NC(C)(C)COC)n1. The molecule has 0 fully saturated rings. The first-order chi connectivity index (χ1) is 7.89. The molecule has 5 nitrogen and oxygen atoms in total. The van der Waals surface area contributed by atoms with Crippen molar-refractivity contribution in [2.24, 2.45) is 0 Å². The van der Waals surface area contributed by atoms with Crippen LogP contribution in [0.15, 0.2) is 0 Å². The van der Waals surface area contributed by atoms with Gasteiger partial charge < -0.3 is 15.8 Å². The number of nitrogens with two attached hydrogens (primary N) is 1. The van der Waals surface area contributed by atoms with Crippen LogP contribution in [-0.4, -0.2) is 29.2 Å².